The van der Waals surface area contributed by atoms with Crippen LogP contribution in [0.3, 0.4) is 0 Å². The Kier molecular flexibility index (Phi) is 4.21. The Morgan fingerprint density at radius 2 is 2.00 bits per heavy atom. The van der Waals surface area contributed by atoms with E-state index in [0.29, 0.717) is 19.8 Å². The van der Waals surface area contributed by atoms with Crippen LogP contribution in [-0.2, 0) is 20.3 Å². The molecule has 1 fully saturated rings. The van der Waals surface area contributed by atoms with Gasteiger partial charge in [0.05, 0.1) is 13.2 Å². The maximum atomic E-state index is 13.3. The Balaban J connectivity index is 2.19. The van der Waals surface area contributed by atoms with E-state index < -0.39 is 19.8 Å². The summed E-state index contributed by atoms with van der Waals surface area (Å²) < 4.78 is 40.9. The lowest BCUT2D eigenvalue weighted by molar-refractivity contribution is 0.0341. The van der Waals surface area contributed by atoms with E-state index in [2.05, 4.69) is 4.90 Å². The van der Waals surface area contributed by atoms with Crippen molar-refractivity contribution >= 4 is 19.7 Å². The molecule has 0 radical (unpaired) electrons. The fourth-order valence-corrected chi connectivity index (χ4v) is 2.80. The second-order valence-corrected chi connectivity index (χ2v) is 6.63. The van der Waals surface area contributed by atoms with Gasteiger partial charge in [-0.1, -0.05) is 6.07 Å². The number of benzene rings is 1. The number of hydrogen-bond donors (Lipinski definition) is 0. The molecule has 0 aliphatic carbocycles. The van der Waals surface area contributed by atoms with Crippen LogP contribution in [0.1, 0.15) is 5.56 Å². The number of ether oxygens (including phenoxy) is 1. The first kappa shape index (κ1) is 13.7. The zero-order chi connectivity index (χ0) is 13.2. The maximum Gasteiger partial charge on any atom is 0.264 e. The number of hydrogen-bond acceptors (Lipinski definition) is 4. The van der Waals surface area contributed by atoms with Crippen molar-refractivity contribution in [1.29, 1.82) is 0 Å². The molecule has 1 aliphatic heterocycles. The molecule has 0 atom stereocenters. The van der Waals surface area contributed by atoms with Crippen LogP contribution in [-0.4, -0.2) is 39.6 Å². The van der Waals surface area contributed by atoms with Gasteiger partial charge in [-0.15, -0.1) is 0 Å². The van der Waals surface area contributed by atoms with Crippen molar-refractivity contribution in [1.82, 2.24) is 4.90 Å². The third-order valence-corrected chi connectivity index (χ3v) is 4.11. The molecule has 0 amide bonds. The Morgan fingerprint density at radius 3 is 2.61 bits per heavy atom. The number of morpholine rings is 1. The second-order valence-electron chi connectivity index (χ2n) is 4.09. The molecule has 1 heterocycles. The normalized spacial score (nSPS) is 17.9. The molecule has 4 nitrogen and oxygen atoms in total. The fraction of sp³-hybridized carbons (Fsp3) is 0.455. The van der Waals surface area contributed by atoms with Crippen LogP contribution >= 0.6 is 10.7 Å². The number of nitrogens with zero attached hydrogens (tertiary/aromatic N) is 1. The molecule has 100 valence electrons. The summed E-state index contributed by atoms with van der Waals surface area (Å²) in [6.45, 7) is 3.42. The van der Waals surface area contributed by atoms with Crippen molar-refractivity contribution in [2.24, 2.45) is 0 Å². The summed E-state index contributed by atoms with van der Waals surface area (Å²) in [6.07, 6.45) is 0. The van der Waals surface area contributed by atoms with Gasteiger partial charge >= 0.3 is 0 Å². The minimum atomic E-state index is -4.04. The summed E-state index contributed by atoms with van der Waals surface area (Å²) in [5.74, 6) is -0.823. The van der Waals surface area contributed by atoms with Gasteiger partial charge in [-0.05, 0) is 17.7 Å². The smallest absolute Gasteiger partial charge is 0.264 e. The highest BCUT2D eigenvalue weighted by Crippen LogP contribution is 2.21. The van der Waals surface area contributed by atoms with Crippen LogP contribution < -0.4 is 0 Å². The van der Waals surface area contributed by atoms with E-state index in [1.165, 1.54) is 6.07 Å². The van der Waals surface area contributed by atoms with E-state index in [0.717, 1.165) is 24.7 Å². The van der Waals surface area contributed by atoms with Gasteiger partial charge in [0.25, 0.3) is 9.05 Å². The fourth-order valence-electron chi connectivity index (χ4n) is 1.85. The lowest BCUT2D eigenvalue weighted by Gasteiger charge is -2.26. The van der Waals surface area contributed by atoms with Crippen molar-refractivity contribution in [2.45, 2.75) is 11.4 Å². The van der Waals surface area contributed by atoms with Crippen molar-refractivity contribution in [2.75, 3.05) is 26.3 Å². The summed E-state index contributed by atoms with van der Waals surface area (Å²) in [4.78, 5) is 1.65. The summed E-state index contributed by atoms with van der Waals surface area (Å²) >= 11 is 0. The van der Waals surface area contributed by atoms with Gasteiger partial charge in [0.15, 0.2) is 0 Å². The first-order valence-corrected chi connectivity index (χ1v) is 7.81. The van der Waals surface area contributed by atoms with E-state index in [1.54, 1.807) is 6.07 Å². The minimum absolute atomic E-state index is 0.463. The summed E-state index contributed by atoms with van der Waals surface area (Å²) in [5, 5.41) is 0. The van der Waals surface area contributed by atoms with Gasteiger partial charge in [0.1, 0.15) is 10.7 Å². The standard InChI is InChI=1S/C11H13ClFNO3S/c12-18(15,16)11-7-9(1-2-10(11)13)8-14-3-5-17-6-4-14/h1-2,7H,3-6,8H2. The molecule has 0 N–H and O–H groups in total. The average Bonchev–Trinajstić information content (AvgIpc) is 2.31. The van der Waals surface area contributed by atoms with E-state index in [4.69, 9.17) is 15.4 Å². The van der Waals surface area contributed by atoms with Crippen LogP contribution in [0.25, 0.3) is 0 Å². The molecule has 1 saturated heterocycles. The molecule has 1 aliphatic rings. The molecule has 1 aromatic carbocycles. The third kappa shape index (κ3) is 3.41. The van der Waals surface area contributed by atoms with Crippen LogP contribution in [0.15, 0.2) is 23.1 Å². The van der Waals surface area contributed by atoms with E-state index in [-0.39, 0.29) is 0 Å². The molecule has 2 rings (SSSR count). The Bertz CT molecular complexity index is 529. The van der Waals surface area contributed by atoms with E-state index in [9.17, 15) is 12.8 Å². The lowest BCUT2D eigenvalue weighted by Crippen LogP contribution is -2.35. The van der Waals surface area contributed by atoms with Gasteiger partial charge in [-0.25, -0.2) is 12.8 Å². The lowest BCUT2D eigenvalue weighted by atomic mass is 10.2. The maximum absolute atomic E-state index is 13.3. The zero-order valence-electron chi connectivity index (χ0n) is 9.60. The Morgan fingerprint density at radius 1 is 1.33 bits per heavy atom. The molecule has 18 heavy (non-hydrogen) atoms. The molecule has 0 spiro atoms. The second kappa shape index (κ2) is 5.52. The largest absolute Gasteiger partial charge is 0.379 e. The molecule has 0 unspecified atom stereocenters. The highest BCUT2D eigenvalue weighted by molar-refractivity contribution is 8.13. The molecule has 7 heteroatoms. The van der Waals surface area contributed by atoms with Crippen molar-refractivity contribution in [3.05, 3.63) is 29.6 Å². The highest BCUT2D eigenvalue weighted by atomic mass is 35.7. The predicted octanol–water partition coefficient (Wildman–Crippen LogP) is 1.59. The minimum Gasteiger partial charge on any atom is -0.379 e. The van der Waals surface area contributed by atoms with Crippen LogP contribution in [0, 0.1) is 5.82 Å². The summed E-state index contributed by atoms with van der Waals surface area (Å²) in [5.41, 5.74) is 0.720. The number of halogens is 2. The van der Waals surface area contributed by atoms with Gasteiger partial charge in [0.2, 0.25) is 0 Å². The molecule has 1 aromatic rings. The van der Waals surface area contributed by atoms with Gasteiger partial charge in [-0.2, -0.15) is 0 Å². The molecular formula is C11H13ClFNO3S. The van der Waals surface area contributed by atoms with Crippen LogP contribution in [0.5, 0.6) is 0 Å². The summed E-state index contributed by atoms with van der Waals surface area (Å²) in [6, 6.07) is 3.98. The topological polar surface area (TPSA) is 46.6 Å². The monoisotopic (exact) mass is 293 g/mol. The molecule has 0 aromatic heterocycles. The summed E-state index contributed by atoms with van der Waals surface area (Å²) in [7, 11) is 1.13. The molecule has 0 saturated carbocycles. The third-order valence-electron chi connectivity index (χ3n) is 2.77. The first-order valence-electron chi connectivity index (χ1n) is 5.50. The number of rotatable bonds is 3. The Labute approximate surface area is 110 Å². The van der Waals surface area contributed by atoms with E-state index in [1.807, 2.05) is 0 Å². The molecular weight excluding hydrogens is 281 g/mol. The zero-order valence-corrected chi connectivity index (χ0v) is 11.2. The van der Waals surface area contributed by atoms with Crippen molar-refractivity contribution < 1.29 is 17.5 Å². The Hall–Kier alpha value is -0.690. The van der Waals surface area contributed by atoms with Crippen molar-refractivity contribution in [3.8, 4) is 0 Å². The van der Waals surface area contributed by atoms with Gasteiger partial charge in [-0.3, -0.25) is 4.90 Å². The van der Waals surface area contributed by atoms with Crippen LogP contribution in [0.4, 0.5) is 4.39 Å². The first-order chi connectivity index (χ1) is 8.47. The predicted molar refractivity (Wildman–Crippen MR) is 65.5 cm³/mol. The molecule has 0 bridgehead atoms. The van der Waals surface area contributed by atoms with Crippen LogP contribution in [0.2, 0.25) is 0 Å². The highest BCUT2D eigenvalue weighted by Gasteiger charge is 2.18. The average molecular weight is 294 g/mol. The SMILES string of the molecule is O=S(=O)(Cl)c1cc(CN2CCOCC2)ccc1F. The van der Waals surface area contributed by atoms with Crippen molar-refractivity contribution in [3.63, 3.8) is 0 Å². The van der Waals surface area contributed by atoms with E-state index >= 15 is 0 Å². The van der Waals surface area contributed by atoms with Gasteiger partial charge in [0, 0.05) is 30.3 Å². The quantitative estimate of drug-likeness (QED) is 0.794. The van der Waals surface area contributed by atoms with Gasteiger partial charge < -0.3 is 4.74 Å².